The minimum atomic E-state index is 0.0552. The van der Waals surface area contributed by atoms with Crippen LogP contribution in [0.25, 0.3) is 0 Å². The first-order valence-corrected chi connectivity index (χ1v) is 9.91. The summed E-state index contributed by atoms with van der Waals surface area (Å²) in [5, 5.41) is 0.593. The molecule has 26 heavy (non-hydrogen) atoms. The Morgan fingerprint density at radius 2 is 1.81 bits per heavy atom. The maximum absolute atomic E-state index is 12.8. The van der Waals surface area contributed by atoms with Crippen LogP contribution in [0.1, 0.15) is 15.9 Å². The summed E-state index contributed by atoms with van der Waals surface area (Å²) in [6, 6.07) is 11.5. The highest BCUT2D eigenvalue weighted by Crippen LogP contribution is 2.33. The van der Waals surface area contributed by atoms with Gasteiger partial charge in [0, 0.05) is 41.3 Å². The fourth-order valence-corrected chi connectivity index (χ4v) is 3.98. The summed E-state index contributed by atoms with van der Waals surface area (Å²) in [6.45, 7) is 4.25. The predicted molar refractivity (Wildman–Crippen MR) is 108 cm³/mol. The molecule has 2 aliphatic heterocycles. The van der Waals surface area contributed by atoms with Crippen LogP contribution in [-0.4, -0.2) is 48.7 Å². The zero-order valence-electron chi connectivity index (χ0n) is 14.1. The fourth-order valence-electron chi connectivity index (χ4n) is 3.24. The van der Waals surface area contributed by atoms with Crippen LogP contribution in [-0.2, 0) is 6.54 Å². The number of benzene rings is 2. The number of amides is 1. The number of halogens is 2. The van der Waals surface area contributed by atoms with Crippen molar-refractivity contribution in [3.05, 3.63) is 56.1 Å². The van der Waals surface area contributed by atoms with Gasteiger partial charge in [-0.25, -0.2) is 0 Å². The Bertz CT molecular complexity index is 838. The second-order valence-corrected chi connectivity index (χ2v) is 7.98. The van der Waals surface area contributed by atoms with Crippen LogP contribution in [0.4, 0.5) is 0 Å². The van der Waals surface area contributed by atoms with E-state index in [0.717, 1.165) is 34.7 Å². The third-order valence-corrected chi connectivity index (χ3v) is 5.84. The van der Waals surface area contributed by atoms with Crippen LogP contribution in [0, 0.1) is 3.57 Å². The van der Waals surface area contributed by atoms with Crippen molar-refractivity contribution < 1.29 is 14.3 Å². The molecule has 2 heterocycles. The molecule has 0 atom stereocenters. The van der Waals surface area contributed by atoms with Gasteiger partial charge in [0.25, 0.3) is 5.91 Å². The Balaban J connectivity index is 1.36. The second-order valence-electron chi connectivity index (χ2n) is 6.38. The van der Waals surface area contributed by atoms with E-state index in [2.05, 4.69) is 33.6 Å². The number of hydrogen-bond donors (Lipinski definition) is 0. The van der Waals surface area contributed by atoms with E-state index in [9.17, 15) is 4.79 Å². The van der Waals surface area contributed by atoms with Gasteiger partial charge in [0.1, 0.15) is 0 Å². The second kappa shape index (κ2) is 7.62. The van der Waals surface area contributed by atoms with E-state index >= 15 is 0 Å². The van der Waals surface area contributed by atoms with Gasteiger partial charge in [-0.1, -0.05) is 17.7 Å². The van der Waals surface area contributed by atoms with E-state index < -0.39 is 0 Å². The lowest BCUT2D eigenvalue weighted by atomic mass is 10.1. The molecular formula is C19H18ClIN2O3. The van der Waals surface area contributed by atoms with Crippen molar-refractivity contribution in [3.63, 3.8) is 0 Å². The molecule has 136 valence electrons. The maximum atomic E-state index is 12.8. The molecule has 1 amide bonds. The SMILES string of the molecule is O=C(c1cc(Cl)ccc1I)N1CCN(Cc2ccc3c(c2)OCO3)CC1. The lowest BCUT2D eigenvalue weighted by Crippen LogP contribution is -2.48. The van der Waals surface area contributed by atoms with Gasteiger partial charge in [0.15, 0.2) is 11.5 Å². The fraction of sp³-hybridized carbons (Fsp3) is 0.316. The van der Waals surface area contributed by atoms with Crippen LogP contribution in [0.2, 0.25) is 5.02 Å². The minimum Gasteiger partial charge on any atom is -0.454 e. The van der Waals surface area contributed by atoms with Gasteiger partial charge in [-0.3, -0.25) is 9.69 Å². The maximum Gasteiger partial charge on any atom is 0.255 e. The van der Waals surface area contributed by atoms with Gasteiger partial charge in [-0.2, -0.15) is 0 Å². The van der Waals surface area contributed by atoms with E-state index in [4.69, 9.17) is 21.1 Å². The number of ether oxygens (including phenoxy) is 2. The molecule has 2 aromatic carbocycles. The Hall–Kier alpha value is -1.51. The number of piperazine rings is 1. The summed E-state index contributed by atoms with van der Waals surface area (Å²) in [5.74, 6) is 1.67. The average Bonchev–Trinajstić information content (AvgIpc) is 3.11. The zero-order valence-corrected chi connectivity index (χ0v) is 17.0. The summed E-state index contributed by atoms with van der Waals surface area (Å²) < 4.78 is 11.7. The molecular weight excluding hydrogens is 467 g/mol. The van der Waals surface area contributed by atoms with Gasteiger partial charge in [-0.05, 0) is 58.5 Å². The highest BCUT2D eigenvalue weighted by molar-refractivity contribution is 14.1. The first-order chi connectivity index (χ1) is 12.6. The van der Waals surface area contributed by atoms with Crippen LogP contribution in [0.3, 0.4) is 0 Å². The molecule has 0 aliphatic carbocycles. The molecule has 0 bridgehead atoms. The summed E-state index contributed by atoms with van der Waals surface area (Å²) in [5.41, 5.74) is 1.88. The van der Waals surface area contributed by atoms with Gasteiger partial charge < -0.3 is 14.4 Å². The Morgan fingerprint density at radius 1 is 1.04 bits per heavy atom. The molecule has 0 aromatic heterocycles. The van der Waals surface area contributed by atoms with Crippen molar-refractivity contribution in [2.24, 2.45) is 0 Å². The predicted octanol–water partition coefficient (Wildman–Crippen LogP) is 3.63. The smallest absolute Gasteiger partial charge is 0.255 e. The van der Waals surface area contributed by atoms with E-state index in [0.29, 0.717) is 30.5 Å². The van der Waals surface area contributed by atoms with E-state index in [1.165, 1.54) is 5.56 Å². The van der Waals surface area contributed by atoms with Crippen LogP contribution < -0.4 is 9.47 Å². The molecule has 0 unspecified atom stereocenters. The van der Waals surface area contributed by atoms with Gasteiger partial charge in [0.2, 0.25) is 6.79 Å². The number of nitrogens with zero attached hydrogens (tertiary/aromatic N) is 2. The molecule has 1 saturated heterocycles. The number of carbonyl (C=O) groups is 1. The first kappa shape index (κ1) is 17.9. The third-order valence-electron chi connectivity index (χ3n) is 4.66. The quantitative estimate of drug-likeness (QED) is 0.624. The standard InChI is InChI=1S/C19H18ClIN2O3/c20-14-2-3-16(21)15(10-14)19(24)23-7-5-22(6-8-23)11-13-1-4-17-18(9-13)26-12-25-17/h1-4,9-10H,5-8,11-12H2. The van der Waals surface area contributed by atoms with Crippen molar-refractivity contribution >= 4 is 40.1 Å². The highest BCUT2D eigenvalue weighted by Gasteiger charge is 2.24. The van der Waals surface area contributed by atoms with E-state index in [-0.39, 0.29) is 5.91 Å². The Labute approximate surface area is 171 Å². The molecule has 0 N–H and O–H groups in total. The zero-order chi connectivity index (χ0) is 18.1. The lowest BCUT2D eigenvalue weighted by molar-refractivity contribution is 0.0627. The monoisotopic (exact) mass is 484 g/mol. The van der Waals surface area contributed by atoms with Crippen LogP contribution in [0.5, 0.6) is 11.5 Å². The van der Waals surface area contributed by atoms with Crippen molar-refractivity contribution in [1.29, 1.82) is 0 Å². The summed E-state index contributed by atoms with van der Waals surface area (Å²) in [6.07, 6.45) is 0. The molecule has 5 nitrogen and oxygen atoms in total. The van der Waals surface area contributed by atoms with Crippen molar-refractivity contribution in [1.82, 2.24) is 9.80 Å². The van der Waals surface area contributed by atoms with Crippen molar-refractivity contribution in [2.45, 2.75) is 6.54 Å². The van der Waals surface area contributed by atoms with Gasteiger partial charge in [-0.15, -0.1) is 0 Å². The Kier molecular flexibility index (Phi) is 5.24. The van der Waals surface area contributed by atoms with Crippen LogP contribution in [0.15, 0.2) is 36.4 Å². The normalized spacial score (nSPS) is 16.8. The number of hydrogen-bond acceptors (Lipinski definition) is 4. The molecule has 7 heteroatoms. The summed E-state index contributed by atoms with van der Waals surface area (Å²) in [7, 11) is 0. The molecule has 1 fully saturated rings. The average molecular weight is 485 g/mol. The molecule has 0 spiro atoms. The molecule has 2 aliphatic rings. The highest BCUT2D eigenvalue weighted by atomic mass is 127. The van der Waals surface area contributed by atoms with E-state index in [1.807, 2.05) is 29.2 Å². The molecule has 2 aromatic rings. The lowest BCUT2D eigenvalue weighted by Gasteiger charge is -2.35. The topological polar surface area (TPSA) is 42.0 Å². The third kappa shape index (κ3) is 3.77. The largest absolute Gasteiger partial charge is 0.454 e. The minimum absolute atomic E-state index is 0.0552. The molecule has 0 radical (unpaired) electrons. The van der Waals surface area contributed by atoms with E-state index in [1.54, 1.807) is 6.07 Å². The van der Waals surface area contributed by atoms with Gasteiger partial charge in [0.05, 0.1) is 5.56 Å². The number of fused-ring (bicyclic) bond motifs is 1. The first-order valence-electron chi connectivity index (χ1n) is 8.45. The summed E-state index contributed by atoms with van der Waals surface area (Å²) >= 11 is 8.24. The van der Waals surface area contributed by atoms with Crippen molar-refractivity contribution in [2.75, 3.05) is 33.0 Å². The van der Waals surface area contributed by atoms with Crippen LogP contribution >= 0.6 is 34.2 Å². The van der Waals surface area contributed by atoms with Crippen molar-refractivity contribution in [3.8, 4) is 11.5 Å². The number of rotatable bonds is 3. The summed E-state index contributed by atoms with van der Waals surface area (Å²) in [4.78, 5) is 17.0. The molecule has 0 saturated carbocycles. The Morgan fingerprint density at radius 3 is 2.62 bits per heavy atom. The molecule has 4 rings (SSSR count). The van der Waals surface area contributed by atoms with Gasteiger partial charge >= 0.3 is 0 Å². The number of carbonyl (C=O) groups excluding carboxylic acids is 1.